The van der Waals surface area contributed by atoms with Crippen LogP contribution in [0, 0.1) is 17.0 Å². The summed E-state index contributed by atoms with van der Waals surface area (Å²) in [5.41, 5.74) is 2.16. The quantitative estimate of drug-likeness (QED) is 0.533. The Morgan fingerprint density at radius 3 is 2.57 bits per heavy atom. The summed E-state index contributed by atoms with van der Waals surface area (Å²) in [5, 5.41) is 11.0. The van der Waals surface area contributed by atoms with Crippen molar-refractivity contribution in [3.05, 3.63) is 64.0 Å². The number of sulfonamides is 1. The summed E-state index contributed by atoms with van der Waals surface area (Å²) in [4.78, 5) is 18.4. The van der Waals surface area contributed by atoms with Gasteiger partial charge >= 0.3 is 0 Å². The SMILES string of the molecule is Cc1ccc([N+](=O)[O-])cc1S(=O)(=O)N1CCC(c2nc3ccccc3[nH]2)CC1. The summed E-state index contributed by atoms with van der Waals surface area (Å²) in [6.45, 7) is 2.36. The minimum Gasteiger partial charge on any atom is -0.342 e. The molecule has 0 spiro atoms. The van der Waals surface area contributed by atoms with E-state index in [4.69, 9.17) is 0 Å². The molecule has 9 heteroatoms. The molecule has 4 rings (SSSR count). The van der Waals surface area contributed by atoms with Gasteiger partial charge in [-0.25, -0.2) is 13.4 Å². The second-order valence-corrected chi connectivity index (χ2v) is 8.93. The number of hydrogen-bond acceptors (Lipinski definition) is 5. The highest BCUT2D eigenvalue weighted by Crippen LogP contribution is 2.32. The number of aromatic nitrogens is 2. The van der Waals surface area contributed by atoms with Gasteiger partial charge in [0.2, 0.25) is 10.0 Å². The lowest BCUT2D eigenvalue weighted by Crippen LogP contribution is -2.38. The Bertz CT molecular complexity index is 1110. The number of nitro groups is 1. The number of H-pyrrole nitrogens is 1. The molecule has 0 atom stereocenters. The van der Waals surface area contributed by atoms with Gasteiger partial charge in [-0.3, -0.25) is 10.1 Å². The van der Waals surface area contributed by atoms with E-state index in [0.717, 1.165) is 22.9 Å². The summed E-state index contributed by atoms with van der Waals surface area (Å²) in [6, 6.07) is 11.7. The average Bonchev–Trinajstić information content (AvgIpc) is 3.12. The lowest BCUT2D eigenvalue weighted by molar-refractivity contribution is -0.385. The van der Waals surface area contributed by atoms with Crippen LogP contribution < -0.4 is 0 Å². The van der Waals surface area contributed by atoms with Crippen molar-refractivity contribution in [2.24, 2.45) is 0 Å². The van der Waals surface area contributed by atoms with E-state index in [-0.39, 0.29) is 16.5 Å². The number of nitrogens with one attached hydrogen (secondary N) is 1. The Balaban J connectivity index is 1.54. The molecule has 8 nitrogen and oxygen atoms in total. The number of piperidine rings is 1. The largest absolute Gasteiger partial charge is 0.342 e. The second kappa shape index (κ2) is 6.99. The van der Waals surface area contributed by atoms with Crippen LogP contribution in [0.25, 0.3) is 11.0 Å². The van der Waals surface area contributed by atoms with E-state index >= 15 is 0 Å². The molecule has 146 valence electrons. The molecule has 1 N–H and O–H groups in total. The Kier molecular flexibility index (Phi) is 4.64. The lowest BCUT2D eigenvalue weighted by Gasteiger charge is -2.30. The molecule has 0 bridgehead atoms. The number of hydrogen-bond donors (Lipinski definition) is 1. The molecule has 28 heavy (non-hydrogen) atoms. The average molecular weight is 400 g/mol. The molecule has 0 unspecified atom stereocenters. The van der Waals surface area contributed by atoms with Crippen LogP contribution >= 0.6 is 0 Å². The lowest BCUT2D eigenvalue weighted by atomic mass is 9.97. The maximum atomic E-state index is 13.0. The molecule has 1 aliphatic rings. The van der Waals surface area contributed by atoms with Crippen molar-refractivity contribution in [3.8, 4) is 0 Å². The molecule has 2 aromatic carbocycles. The molecule has 1 saturated heterocycles. The van der Waals surface area contributed by atoms with Gasteiger partial charge in [0, 0.05) is 31.1 Å². The minimum atomic E-state index is -3.78. The van der Waals surface area contributed by atoms with Crippen molar-refractivity contribution in [2.45, 2.75) is 30.6 Å². The van der Waals surface area contributed by atoms with Crippen LogP contribution in [0.4, 0.5) is 5.69 Å². The van der Waals surface area contributed by atoms with Gasteiger partial charge in [0.25, 0.3) is 5.69 Å². The van der Waals surface area contributed by atoms with Gasteiger partial charge in [0.05, 0.1) is 20.9 Å². The van der Waals surface area contributed by atoms with E-state index in [1.54, 1.807) is 6.92 Å². The van der Waals surface area contributed by atoms with Crippen LogP contribution in [0.1, 0.15) is 30.1 Å². The third kappa shape index (κ3) is 3.27. The van der Waals surface area contributed by atoms with Crippen molar-refractivity contribution in [1.82, 2.24) is 14.3 Å². The first-order valence-electron chi connectivity index (χ1n) is 9.06. The van der Waals surface area contributed by atoms with E-state index in [1.807, 2.05) is 24.3 Å². The zero-order chi connectivity index (χ0) is 19.9. The number of aryl methyl sites for hydroxylation is 1. The Morgan fingerprint density at radius 2 is 1.89 bits per heavy atom. The van der Waals surface area contributed by atoms with Crippen molar-refractivity contribution in [3.63, 3.8) is 0 Å². The van der Waals surface area contributed by atoms with E-state index in [9.17, 15) is 18.5 Å². The minimum absolute atomic E-state index is 0.00360. The molecule has 0 amide bonds. The predicted octanol–water partition coefficient (Wildman–Crippen LogP) is 3.35. The van der Waals surface area contributed by atoms with Gasteiger partial charge in [-0.15, -0.1) is 0 Å². The molecular formula is C19H20N4O4S. The summed E-state index contributed by atoms with van der Waals surface area (Å²) < 4.78 is 27.5. The predicted molar refractivity (Wildman–Crippen MR) is 105 cm³/mol. The Morgan fingerprint density at radius 1 is 1.18 bits per heavy atom. The zero-order valence-corrected chi connectivity index (χ0v) is 16.1. The van der Waals surface area contributed by atoms with Gasteiger partial charge in [0.15, 0.2) is 0 Å². The van der Waals surface area contributed by atoms with Crippen molar-refractivity contribution < 1.29 is 13.3 Å². The molecule has 3 aromatic rings. The maximum Gasteiger partial charge on any atom is 0.270 e. The van der Waals surface area contributed by atoms with Gasteiger partial charge in [-0.2, -0.15) is 4.31 Å². The van der Waals surface area contributed by atoms with Crippen molar-refractivity contribution >= 4 is 26.7 Å². The monoisotopic (exact) mass is 400 g/mol. The smallest absolute Gasteiger partial charge is 0.270 e. The molecule has 0 aliphatic carbocycles. The Labute approximate surface area is 162 Å². The van der Waals surface area contributed by atoms with Crippen LogP contribution in [-0.4, -0.2) is 40.7 Å². The van der Waals surface area contributed by atoms with Crippen molar-refractivity contribution in [1.29, 1.82) is 0 Å². The molecule has 1 fully saturated rings. The number of fused-ring (bicyclic) bond motifs is 1. The number of benzene rings is 2. The standard InChI is InChI=1S/C19H20N4O4S/c1-13-6-7-15(23(24)25)12-18(13)28(26,27)22-10-8-14(9-11-22)19-20-16-4-2-3-5-17(16)21-19/h2-7,12,14H,8-11H2,1H3,(H,20,21). The fourth-order valence-electron chi connectivity index (χ4n) is 3.65. The number of imidazole rings is 1. The van der Waals surface area contributed by atoms with E-state index < -0.39 is 14.9 Å². The second-order valence-electron chi connectivity index (χ2n) is 7.02. The van der Waals surface area contributed by atoms with Gasteiger partial charge in [0.1, 0.15) is 5.82 Å². The highest BCUT2D eigenvalue weighted by atomic mass is 32.2. The number of para-hydroxylation sites is 2. The maximum absolute atomic E-state index is 13.0. The van der Waals surface area contributed by atoms with E-state index in [2.05, 4.69) is 9.97 Å². The third-order valence-electron chi connectivity index (χ3n) is 5.25. The first-order chi connectivity index (χ1) is 13.4. The van der Waals surface area contributed by atoms with E-state index in [0.29, 0.717) is 31.5 Å². The molecule has 0 saturated carbocycles. The highest BCUT2D eigenvalue weighted by Gasteiger charge is 2.32. The van der Waals surface area contributed by atoms with Crippen LogP contribution in [-0.2, 0) is 10.0 Å². The zero-order valence-electron chi connectivity index (χ0n) is 15.3. The van der Waals surface area contributed by atoms with Crippen LogP contribution in [0.3, 0.4) is 0 Å². The fraction of sp³-hybridized carbons (Fsp3) is 0.316. The molecule has 0 radical (unpaired) electrons. The molecular weight excluding hydrogens is 380 g/mol. The topological polar surface area (TPSA) is 109 Å². The number of nitro benzene ring substituents is 1. The summed E-state index contributed by atoms with van der Waals surface area (Å²) in [5.74, 6) is 1.04. The number of nitrogens with zero attached hydrogens (tertiary/aromatic N) is 3. The first kappa shape index (κ1) is 18.6. The summed E-state index contributed by atoms with van der Waals surface area (Å²) in [7, 11) is -3.78. The van der Waals surface area contributed by atoms with Gasteiger partial charge in [-0.1, -0.05) is 18.2 Å². The Hall–Kier alpha value is -2.78. The number of aromatic amines is 1. The van der Waals surface area contributed by atoms with Crippen LogP contribution in [0.15, 0.2) is 47.4 Å². The molecule has 1 aromatic heterocycles. The first-order valence-corrected chi connectivity index (χ1v) is 10.5. The van der Waals surface area contributed by atoms with Gasteiger partial charge in [-0.05, 0) is 37.5 Å². The number of non-ortho nitro benzene ring substituents is 1. The third-order valence-corrected chi connectivity index (χ3v) is 7.29. The summed E-state index contributed by atoms with van der Waals surface area (Å²) in [6.07, 6.45) is 1.29. The summed E-state index contributed by atoms with van der Waals surface area (Å²) >= 11 is 0. The normalized spacial score (nSPS) is 16.5. The van der Waals surface area contributed by atoms with E-state index in [1.165, 1.54) is 16.4 Å². The molecule has 1 aliphatic heterocycles. The van der Waals surface area contributed by atoms with Crippen LogP contribution in [0.5, 0.6) is 0 Å². The fourth-order valence-corrected chi connectivity index (χ4v) is 5.37. The molecule has 2 heterocycles. The van der Waals surface area contributed by atoms with Crippen LogP contribution in [0.2, 0.25) is 0 Å². The van der Waals surface area contributed by atoms with Crippen molar-refractivity contribution in [2.75, 3.05) is 13.1 Å². The highest BCUT2D eigenvalue weighted by molar-refractivity contribution is 7.89. The number of rotatable bonds is 4. The van der Waals surface area contributed by atoms with Gasteiger partial charge < -0.3 is 4.98 Å².